The molecule has 84 valence electrons. The quantitative estimate of drug-likeness (QED) is 0.742. The van der Waals surface area contributed by atoms with E-state index in [0.29, 0.717) is 12.5 Å². The second kappa shape index (κ2) is 4.19. The molecule has 0 amide bonds. The number of methoxy groups -OCH3 is 1. The van der Waals surface area contributed by atoms with Gasteiger partial charge >= 0.3 is 0 Å². The van der Waals surface area contributed by atoms with Gasteiger partial charge in [-0.05, 0) is 24.2 Å². The highest BCUT2D eigenvalue weighted by atomic mass is 16.5. The molecule has 0 bridgehead atoms. The Hall–Kier alpha value is -0.0800. The van der Waals surface area contributed by atoms with E-state index in [-0.39, 0.29) is 5.41 Å². The first-order valence-corrected chi connectivity index (χ1v) is 5.61. The minimum Gasteiger partial charge on any atom is -0.387 e. The Balaban J connectivity index is 2.78. The van der Waals surface area contributed by atoms with E-state index in [1.807, 2.05) is 0 Å². The van der Waals surface area contributed by atoms with Gasteiger partial charge in [0.15, 0.2) is 0 Å². The molecule has 2 unspecified atom stereocenters. The first-order chi connectivity index (χ1) is 6.40. The van der Waals surface area contributed by atoms with E-state index in [9.17, 15) is 5.11 Å². The smallest absolute Gasteiger partial charge is 0.0912 e. The van der Waals surface area contributed by atoms with Crippen LogP contribution in [0.3, 0.4) is 0 Å². The van der Waals surface area contributed by atoms with Crippen LogP contribution >= 0.6 is 0 Å². The molecule has 0 aromatic carbocycles. The Bertz CT molecular complexity index is 179. The molecule has 2 atom stereocenters. The lowest BCUT2D eigenvalue weighted by Gasteiger charge is -2.46. The number of hydrogen-bond donors (Lipinski definition) is 1. The molecule has 0 radical (unpaired) electrons. The summed E-state index contributed by atoms with van der Waals surface area (Å²) >= 11 is 0. The lowest BCUT2D eigenvalue weighted by atomic mass is 9.64. The van der Waals surface area contributed by atoms with Gasteiger partial charge in [-0.1, -0.05) is 33.6 Å². The van der Waals surface area contributed by atoms with Crippen LogP contribution in [-0.4, -0.2) is 24.4 Å². The van der Waals surface area contributed by atoms with Crippen molar-refractivity contribution in [3.05, 3.63) is 0 Å². The lowest BCUT2D eigenvalue weighted by Crippen LogP contribution is -2.49. The van der Waals surface area contributed by atoms with Crippen LogP contribution in [0.5, 0.6) is 0 Å². The summed E-state index contributed by atoms with van der Waals surface area (Å²) in [5, 5.41) is 10.5. The number of ether oxygens (including phenoxy) is 1. The van der Waals surface area contributed by atoms with Crippen molar-refractivity contribution in [2.24, 2.45) is 11.3 Å². The number of hydrogen-bond acceptors (Lipinski definition) is 2. The van der Waals surface area contributed by atoms with Gasteiger partial charge in [0.25, 0.3) is 0 Å². The fourth-order valence-electron chi connectivity index (χ4n) is 2.88. The third kappa shape index (κ3) is 2.48. The summed E-state index contributed by atoms with van der Waals surface area (Å²) in [6.45, 7) is 7.12. The van der Waals surface area contributed by atoms with Crippen molar-refractivity contribution in [1.29, 1.82) is 0 Å². The maximum absolute atomic E-state index is 10.5. The van der Waals surface area contributed by atoms with Gasteiger partial charge in [-0.25, -0.2) is 0 Å². The van der Waals surface area contributed by atoms with E-state index >= 15 is 0 Å². The normalized spacial score (nSPS) is 34.5. The molecular formula is C12H24O2. The molecule has 1 fully saturated rings. The van der Waals surface area contributed by atoms with E-state index in [2.05, 4.69) is 20.8 Å². The van der Waals surface area contributed by atoms with E-state index in [1.54, 1.807) is 7.11 Å². The van der Waals surface area contributed by atoms with Crippen molar-refractivity contribution in [2.45, 2.75) is 52.1 Å². The Morgan fingerprint density at radius 3 is 2.50 bits per heavy atom. The summed E-state index contributed by atoms with van der Waals surface area (Å²) in [4.78, 5) is 0. The lowest BCUT2D eigenvalue weighted by molar-refractivity contribution is -0.126. The zero-order valence-corrected chi connectivity index (χ0v) is 9.97. The molecule has 0 aromatic heterocycles. The average molecular weight is 200 g/mol. The zero-order valence-electron chi connectivity index (χ0n) is 9.97. The topological polar surface area (TPSA) is 29.5 Å². The van der Waals surface area contributed by atoms with Gasteiger partial charge in [0.1, 0.15) is 0 Å². The van der Waals surface area contributed by atoms with Crippen LogP contribution in [0.4, 0.5) is 0 Å². The Labute approximate surface area is 87.7 Å². The molecule has 1 rings (SSSR count). The standard InChI is InChI=1S/C12H24O2/c1-11(2,3)10-7-5-6-8-12(10,13)9-14-4/h10,13H,5-9H2,1-4H3. The third-order valence-corrected chi connectivity index (χ3v) is 3.44. The predicted molar refractivity (Wildman–Crippen MR) is 58.2 cm³/mol. The van der Waals surface area contributed by atoms with Gasteiger partial charge in [-0.15, -0.1) is 0 Å². The Kier molecular flexibility index (Phi) is 3.59. The van der Waals surface area contributed by atoms with E-state index in [0.717, 1.165) is 19.3 Å². The summed E-state index contributed by atoms with van der Waals surface area (Å²) in [6.07, 6.45) is 4.40. The molecule has 14 heavy (non-hydrogen) atoms. The van der Waals surface area contributed by atoms with Crippen molar-refractivity contribution in [1.82, 2.24) is 0 Å². The van der Waals surface area contributed by atoms with Crippen LogP contribution in [0.25, 0.3) is 0 Å². The fraction of sp³-hybridized carbons (Fsp3) is 1.00. The van der Waals surface area contributed by atoms with Crippen LogP contribution in [0.2, 0.25) is 0 Å². The average Bonchev–Trinajstić information content (AvgIpc) is 2.02. The zero-order chi connectivity index (χ0) is 10.8. The maximum Gasteiger partial charge on any atom is 0.0912 e. The molecule has 1 aliphatic rings. The molecular weight excluding hydrogens is 176 g/mol. The van der Waals surface area contributed by atoms with Crippen molar-refractivity contribution < 1.29 is 9.84 Å². The first kappa shape index (κ1) is 12.0. The monoisotopic (exact) mass is 200 g/mol. The molecule has 0 saturated heterocycles. The summed E-state index contributed by atoms with van der Waals surface area (Å²) in [7, 11) is 1.67. The van der Waals surface area contributed by atoms with Crippen molar-refractivity contribution >= 4 is 0 Å². The van der Waals surface area contributed by atoms with E-state index in [4.69, 9.17) is 4.74 Å². The molecule has 1 saturated carbocycles. The van der Waals surface area contributed by atoms with E-state index < -0.39 is 5.60 Å². The van der Waals surface area contributed by atoms with Crippen LogP contribution in [-0.2, 0) is 4.74 Å². The van der Waals surface area contributed by atoms with Crippen molar-refractivity contribution in [2.75, 3.05) is 13.7 Å². The molecule has 0 aliphatic heterocycles. The minimum atomic E-state index is -0.592. The second-order valence-electron chi connectivity index (χ2n) is 5.70. The molecule has 1 aliphatic carbocycles. The van der Waals surface area contributed by atoms with Gasteiger partial charge in [0, 0.05) is 7.11 Å². The van der Waals surface area contributed by atoms with Crippen molar-refractivity contribution in [3.63, 3.8) is 0 Å². The van der Waals surface area contributed by atoms with Gasteiger partial charge < -0.3 is 9.84 Å². The molecule has 1 N–H and O–H groups in total. The van der Waals surface area contributed by atoms with E-state index in [1.165, 1.54) is 6.42 Å². The third-order valence-electron chi connectivity index (χ3n) is 3.44. The summed E-state index contributed by atoms with van der Waals surface area (Å²) in [6, 6.07) is 0. The highest BCUT2D eigenvalue weighted by Gasteiger charge is 2.44. The highest BCUT2D eigenvalue weighted by Crippen LogP contribution is 2.44. The minimum absolute atomic E-state index is 0.174. The van der Waals surface area contributed by atoms with Gasteiger partial charge in [0.05, 0.1) is 12.2 Å². The number of rotatable bonds is 2. The van der Waals surface area contributed by atoms with Gasteiger partial charge in [0.2, 0.25) is 0 Å². The molecule has 2 nitrogen and oxygen atoms in total. The molecule has 0 spiro atoms. The van der Waals surface area contributed by atoms with Crippen LogP contribution in [0, 0.1) is 11.3 Å². The predicted octanol–water partition coefficient (Wildman–Crippen LogP) is 2.60. The first-order valence-electron chi connectivity index (χ1n) is 5.61. The highest BCUT2D eigenvalue weighted by molar-refractivity contribution is 4.95. The molecule has 0 heterocycles. The van der Waals surface area contributed by atoms with Crippen molar-refractivity contribution in [3.8, 4) is 0 Å². The summed E-state index contributed by atoms with van der Waals surface area (Å²) < 4.78 is 5.16. The Morgan fingerprint density at radius 1 is 1.36 bits per heavy atom. The number of aliphatic hydroxyl groups is 1. The maximum atomic E-state index is 10.5. The van der Waals surface area contributed by atoms with Gasteiger partial charge in [-0.2, -0.15) is 0 Å². The van der Waals surface area contributed by atoms with Gasteiger partial charge in [-0.3, -0.25) is 0 Å². The largest absolute Gasteiger partial charge is 0.387 e. The van der Waals surface area contributed by atoms with Crippen LogP contribution < -0.4 is 0 Å². The summed E-state index contributed by atoms with van der Waals surface area (Å²) in [5.74, 6) is 0.365. The SMILES string of the molecule is COCC1(O)CCCCC1C(C)(C)C. The molecule has 0 aromatic rings. The summed E-state index contributed by atoms with van der Waals surface area (Å²) in [5.41, 5.74) is -0.418. The van der Waals surface area contributed by atoms with Crippen LogP contribution in [0.1, 0.15) is 46.5 Å². The Morgan fingerprint density at radius 2 is 2.00 bits per heavy atom. The molecule has 2 heteroatoms. The van der Waals surface area contributed by atoms with Crippen LogP contribution in [0.15, 0.2) is 0 Å². The fourth-order valence-corrected chi connectivity index (χ4v) is 2.88. The second-order valence-corrected chi connectivity index (χ2v) is 5.70.